The molecule has 2 N–H and O–H groups in total. The van der Waals surface area contributed by atoms with E-state index in [4.69, 9.17) is 0 Å². The molecule has 7 nitrogen and oxygen atoms in total. The Kier molecular flexibility index (Phi) is 6.20. The van der Waals surface area contributed by atoms with Crippen molar-refractivity contribution in [1.82, 2.24) is 14.7 Å². The normalized spacial score (nSPS) is 14.5. The zero-order valence-electron chi connectivity index (χ0n) is 17.0. The summed E-state index contributed by atoms with van der Waals surface area (Å²) in [5, 5.41) is 3.20. The van der Waals surface area contributed by atoms with Gasteiger partial charge in [-0.3, -0.25) is 0 Å². The van der Waals surface area contributed by atoms with E-state index in [9.17, 15) is 8.42 Å². The summed E-state index contributed by atoms with van der Waals surface area (Å²) in [5.74, 6) is 2.35. The van der Waals surface area contributed by atoms with Crippen LogP contribution in [-0.4, -0.2) is 44.6 Å². The largest absolute Gasteiger partial charge is 0.369 e. The Labute approximate surface area is 167 Å². The van der Waals surface area contributed by atoms with Gasteiger partial charge >= 0.3 is 0 Å². The average molecular weight is 404 g/mol. The highest BCUT2D eigenvalue weighted by Crippen LogP contribution is 2.21. The predicted octanol–water partition coefficient (Wildman–Crippen LogP) is 2.70. The van der Waals surface area contributed by atoms with E-state index < -0.39 is 10.0 Å². The highest BCUT2D eigenvalue weighted by Gasteiger charge is 2.18. The molecule has 2 aromatic rings. The average Bonchev–Trinajstić information content (AvgIpc) is 3.16. The zero-order valence-corrected chi connectivity index (χ0v) is 17.9. The van der Waals surface area contributed by atoms with Crippen molar-refractivity contribution in [1.29, 1.82) is 0 Å². The first-order chi connectivity index (χ1) is 13.3. The van der Waals surface area contributed by atoms with Crippen molar-refractivity contribution in [2.45, 2.75) is 45.4 Å². The van der Waals surface area contributed by atoms with Crippen LogP contribution in [0.15, 0.2) is 23.1 Å². The number of nitrogens with zero attached hydrogens (tertiary/aromatic N) is 3. The van der Waals surface area contributed by atoms with Gasteiger partial charge in [-0.15, -0.1) is 0 Å². The molecule has 0 saturated carbocycles. The molecule has 1 aromatic carbocycles. The van der Waals surface area contributed by atoms with Gasteiger partial charge in [-0.2, -0.15) is 0 Å². The summed E-state index contributed by atoms with van der Waals surface area (Å²) < 4.78 is 28.0. The van der Waals surface area contributed by atoms with Crippen molar-refractivity contribution in [2.24, 2.45) is 0 Å². The first kappa shape index (κ1) is 20.5. The van der Waals surface area contributed by atoms with Crippen molar-refractivity contribution in [3.05, 3.63) is 40.7 Å². The van der Waals surface area contributed by atoms with E-state index in [0.717, 1.165) is 41.4 Å². The van der Waals surface area contributed by atoms with Crippen LogP contribution in [0.4, 0.5) is 11.6 Å². The van der Waals surface area contributed by atoms with Crippen molar-refractivity contribution < 1.29 is 8.42 Å². The van der Waals surface area contributed by atoms with Crippen molar-refractivity contribution >= 4 is 21.7 Å². The molecule has 1 aliphatic heterocycles. The number of benzene rings is 1. The molecule has 0 spiro atoms. The van der Waals surface area contributed by atoms with Crippen LogP contribution in [0.3, 0.4) is 0 Å². The lowest BCUT2D eigenvalue weighted by Gasteiger charge is -2.18. The van der Waals surface area contributed by atoms with E-state index in [-0.39, 0.29) is 6.54 Å². The Morgan fingerprint density at radius 2 is 1.61 bits per heavy atom. The van der Waals surface area contributed by atoms with Gasteiger partial charge in [0.25, 0.3) is 0 Å². The second-order valence-corrected chi connectivity index (χ2v) is 9.11. The Bertz CT molecular complexity index is 953. The molecule has 1 aromatic heterocycles. The van der Waals surface area contributed by atoms with E-state index >= 15 is 0 Å². The van der Waals surface area contributed by atoms with E-state index in [2.05, 4.69) is 24.9 Å². The summed E-state index contributed by atoms with van der Waals surface area (Å²) in [4.78, 5) is 11.5. The van der Waals surface area contributed by atoms with Gasteiger partial charge in [0.15, 0.2) is 0 Å². The first-order valence-corrected chi connectivity index (χ1v) is 11.2. The third-order valence-corrected chi connectivity index (χ3v) is 6.66. The number of aromatic nitrogens is 2. The van der Waals surface area contributed by atoms with Crippen LogP contribution in [0.2, 0.25) is 0 Å². The molecule has 1 fully saturated rings. The number of anilines is 2. The molecular formula is C20H29N5O2S. The molecule has 152 valence electrons. The molecule has 1 saturated heterocycles. The third-order valence-electron chi connectivity index (χ3n) is 5.06. The minimum Gasteiger partial charge on any atom is -0.369 e. The molecule has 8 heteroatoms. The minimum atomic E-state index is -3.55. The highest BCUT2D eigenvalue weighted by atomic mass is 32.2. The highest BCUT2D eigenvalue weighted by molar-refractivity contribution is 7.89. The Morgan fingerprint density at radius 3 is 2.32 bits per heavy atom. The molecule has 0 bridgehead atoms. The fourth-order valence-electron chi connectivity index (χ4n) is 3.43. The fourth-order valence-corrected chi connectivity index (χ4v) is 4.77. The van der Waals surface area contributed by atoms with Crippen molar-refractivity contribution in [3.8, 4) is 0 Å². The zero-order chi connectivity index (χ0) is 20.3. The maximum atomic E-state index is 12.6. The molecule has 0 aliphatic carbocycles. The van der Waals surface area contributed by atoms with Crippen LogP contribution in [0.25, 0.3) is 0 Å². The van der Waals surface area contributed by atoms with E-state index in [0.29, 0.717) is 17.3 Å². The van der Waals surface area contributed by atoms with E-state index in [1.807, 2.05) is 39.8 Å². The van der Waals surface area contributed by atoms with Crippen LogP contribution in [0.5, 0.6) is 0 Å². The SMILES string of the molecule is Cc1nc(NCCNS(=O)(=O)c2cc(C)c(C)cc2C)cc(N2CCCC2)n1. The lowest BCUT2D eigenvalue weighted by molar-refractivity contribution is 0.582. The van der Waals surface area contributed by atoms with Gasteiger partial charge in [0.1, 0.15) is 17.5 Å². The quantitative estimate of drug-likeness (QED) is 0.691. The Hall–Kier alpha value is -2.19. The first-order valence-electron chi connectivity index (χ1n) is 9.68. The van der Waals surface area contributed by atoms with Crippen LogP contribution < -0.4 is 14.9 Å². The third kappa shape index (κ3) is 4.80. The number of nitrogens with one attached hydrogen (secondary N) is 2. The Balaban J connectivity index is 1.60. The number of sulfonamides is 1. The molecule has 0 atom stereocenters. The summed E-state index contributed by atoms with van der Waals surface area (Å²) in [7, 11) is -3.55. The van der Waals surface area contributed by atoms with Gasteiger partial charge in [0, 0.05) is 32.2 Å². The molecular weight excluding hydrogens is 374 g/mol. The standard InChI is InChI=1S/C20H29N5O2S/c1-14-11-16(3)18(12-15(14)2)28(26,27)22-8-7-21-19-13-20(24-17(4)23-19)25-9-5-6-10-25/h11-13,22H,5-10H2,1-4H3,(H,21,23,24). The van der Waals surface area contributed by atoms with Crippen LogP contribution in [0.1, 0.15) is 35.4 Å². The number of hydrogen-bond acceptors (Lipinski definition) is 6. The second kappa shape index (κ2) is 8.45. The maximum Gasteiger partial charge on any atom is 0.240 e. The number of hydrogen-bond donors (Lipinski definition) is 2. The monoisotopic (exact) mass is 403 g/mol. The van der Waals surface area contributed by atoms with Gasteiger partial charge in [0.2, 0.25) is 10.0 Å². The maximum absolute atomic E-state index is 12.6. The molecule has 2 heterocycles. The fraction of sp³-hybridized carbons (Fsp3) is 0.500. The summed E-state index contributed by atoms with van der Waals surface area (Å²) in [6.45, 7) is 10.4. The molecule has 1 aliphatic rings. The summed E-state index contributed by atoms with van der Waals surface area (Å²) in [5.41, 5.74) is 2.81. The van der Waals surface area contributed by atoms with Crippen LogP contribution in [-0.2, 0) is 10.0 Å². The molecule has 3 rings (SSSR count). The topological polar surface area (TPSA) is 87.2 Å². The van der Waals surface area contributed by atoms with Crippen molar-refractivity contribution in [3.63, 3.8) is 0 Å². The summed E-state index contributed by atoms with van der Waals surface area (Å²) in [6, 6.07) is 5.57. The van der Waals surface area contributed by atoms with Gasteiger partial charge in [0.05, 0.1) is 4.90 Å². The van der Waals surface area contributed by atoms with E-state index in [1.54, 1.807) is 6.07 Å². The van der Waals surface area contributed by atoms with Crippen LogP contribution >= 0.6 is 0 Å². The van der Waals surface area contributed by atoms with Gasteiger partial charge in [-0.1, -0.05) is 6.07 Å². The second-order valence-electron chi connectivity index (χ2n) is 7.38. The van der Waals surface area contributed by atoms with E-state index in [1.165, 1.54) is 12.8 Å². The molecule has 0 radical (unpaired) electrons. The summed E-state index contributed by atoms with van der Waals surface area (Å²) in [6.07, 6.45) is 2.37. The van der Waals surface area contributed by atoms with Gasteiger partial charge in [-0.05, 0) is 63.3 Å². The predicted molar refractivity (Wildman–Crippen MR) is 113 cm³/mol. The lowest BCUT2D eigenvalue weighted by Crippen LogP contribution is -2.29. The molecule has 28 heavy (non-hydrogen) atoms. The number of rotatable bonds is 7. The summed E-state index contributed by atoms with van der Waals surface area (Å²) >= 11 is 0. The number of aryl methyl sites for hydroxylation is 4. The molecule has 0 unspecified atom stereocenters. The van der Waals surface area contributed by atoms with Gasteiger partial charge in [-0.25, -0.2) is 23.1 Å². The smallest absolute Gasteiger partial charge is 0.240 e. The lowest BCUT2D eigenvalue weighted by atomic mass is 10.1. The minimum absolute atomic E-state index is 0.275. The Morgan fingerprint density at radius 1 is 0.929 bits per heavy atom. The van der Waals surface area contributed by atoms with Crippen molar-refractivity contribution in [2.75, 3.05) is 36.4 Å². The van der Waals surface area contributed by atoms with Crippen LogP contribution in [0, 0.1) is 27.7 Å². The van der Waals surface area contributed by atoms with Gasteiger partial charge < -0.3 is 10.2 Å². The molecule has 0 amide bonds.